The van der Waals surface area contributed by atoms with Crippen LogP contribution in [0.15, 0.2) is 58.9 Å². The number of nitrogens with one attached hydrogen (secondary N) is 2. The molecule has 5 heteroatoms. The number of amides is 1. The van der Waals surface area contributed by atoms with Gasteiger partial charge in [-0.3, -0.25) is 15.1 Å². The number of hydrogen-bond acceptors (Lipinski definition) is 4. The molecule has 1 aromatic rings. The molecular weight excluding hydrogens is 252 g/mol. The van der Waals surface area contributed by atoms with Gasteiger partial charge in [-0.05, 0) is 24.3 Å². The van der Waals surface area contributed by atoms with E-state index in [-0.39, 0.29) is 5.91 Å². The van der Waals surface area contributed by atoms with Gasteiger partial charge in [0, 0.05) is 23.5 Å². The molecule has 0 unspecified atom stereocenters. The number of fused-ring (bicyclic) bond motifs is 1. The third kappa shape index (κ3) is 2.78. The molecule has 5 nitrogen and oxygen atoms in total. The molecule has 0 saturated carbocycles. The van der Waals surface area contributed by atoms with Gasteiger partial charge in [0.15, 0.2) is 0 Å². The summed E-state index contributed by atoms with van der Waals surface area (Å²) in [5, 5.41) is 6.21. The maximum Gasteiger partial charge on any atom is 0.255 e. The summed E-state index contributed by atoms with van der Waals surface area (Å²) in [7, 11) is 0. The van der Waals surface area contributed by atoms with E-state index < -0.39 is 0 Å². The Morgan fingerprint density at radius 1 is 1.30 bits per heavy atom. The molecule has 20 heavy (non-hydrogen) atoms. The van der Waals surface area contributed by atoms with E-state index in [9.17, 15) is 4.79 Å². The van der Waals surface area contributed by atoms with Gasteiger partial charge in [-0.25, -0.2) is 0 Å². The Morgan fingerprint density at radius 2 is 2.15 bits per heavy atom. The number of hydrogen-bond donors (Lipinski definition) is 2. The molecule has 0 aliphatic carbocycles. The van der Waals surface area contributed by atoms with E-state index in [1.807, 2.05) is 41.6 Å². The predicted octanol–water partition coefficient (Wildman–Crippen LogP) is 1.09. The van der Waals surface area contributed by atoms with Gasteiger partial charge < -0.3 is 10.2 Å². The molecule has 0 aromatic heterocycles. The van der Waals surface area contributed by atoms with Gasteiger partial charge in [0.25, 0.3) is 5.91 Å². The molecule has 3 rings (SSSR count). The largest absolute Gasteiger partial charge is 0.322 e. The van der Waals surface area contributed by atoms with Crippen molar-refractivity contribution in [2.45, 2.75) is 0 Å². The summed E-state index contributed by atoms with van der Waals surface area (Å²) in [5.41, 5.74) is 2.54. The maximum atomic E-state index is 12.2. The van der Waals surface area contributed by atoms with Gasteiger partial charge in [-0.2, -0.15) is 0 Å². The molecule has 1 aromatic carbocycles. The van der Waals surface area contributed by atoms with E-state index in [0.29, 0.717) is 18.7 Å². The van der Waals surface area contributed by atoms with Crippen molar-refractivity contribution in [1.82, 2.24) is 15.5 Å². The molecule has 0 bridgehead atoms. The first-order valence-corrected chi connectivity index (χ1v) is 6.57. The van der Waals surface area contributed by atoms with Crippen molar-refractivity contribution in [3.05, 3.63) is 59.4 Å². The normalized spacial score (nSPS) is 22.9. The molecule has 0 radical (unpaired) electrons. The Kier molecular flexibility index (Phi) is 3.60. The van der Waals surface area contributed by atoms with E-state index in [4.69, 9.17) is 0 Å². The van der Waals surface area contributed by atoms with Gasteiger partial charge in [0.1, 0.15) is 0 Å². The molecule has 2 N–H and O–H groups in total. The van der Waals surface area contributed by atoms with E-state index in [0.717, 1.165) is 18.1 Å². The Balaban J connectivity index is 1.76. The first kappa shape index (κ1) is 12.6. The van der Waals surface area contributed by atoms with Crippen molar-refractivity contribution < 1.29 is 4.79 Å². The number of nitrogens with zero attached hydrogens (tertiary/aromatic N) is 2. The van der Waals surface area contributed by atoms with Crippen LogP contribution in [-0.4, -0.2) is 36.9 Å². The first-order chi connectivity index (χ1) is 9.83. The highest BCUT2D eigenvalue weighted by atomic mass is 16.1. The SMILES string of the molecule is O=C(NC1=C/CNCN2C=NC\C2=C\1)c1ccccc1. The van der Waals surface area contributed by atoms with Gasteiger partial charge in [-0.1, -0.05) is 18.2 Å². The lowest BCUT2D eigenvalue weighted by atomic mass is 10.2. The Morgan fingerprint density at radius 3 is 3.00 bits per heavy atom. The van der Waals surface area contributed by atoms with Crippen LogP contribution < -0.4 is 10.6 Å². The summed E-state index contributed by atoms with van der Waals surface area (Å²) >= 11 is 0. The number of aliphatic imine (C=N–C) groups is 1. The first-order valence-electron chi connectivity index (χ1n) is 6.57. The van der Waals surface area contributed by atoms with Crippen LogP contribution in [0.5, 0.6) is 0 Å². The molecule has 102 valence electrons. The van der Waals surface area contributed by atoms with Crippen LogP contribution in [0.4, 0.5) is 0 Å². The lowest BCUT2D eigenvalue weighted by molar-refractivity contribution is 0.0967. The summed E-state index contributed by atoms with van der Waals surface area (Å²) in [6, 6.07) is 9.21. The minimum Gasteiger partial charge on any atom is -0.322 e. The summed E-state index contributed by atoms with van der Waals surface area (Å²) in [6.07, 6.45) is 5.78. The van der Waals surface area contributed by atoms with Crippen LogP contribution in [0.3, 0.4) is 0 Å². The highest BCUT2D eigenvalue weighted by molar-refractivity contribution is 5.95. The third-order valence-electron chi connectivity index (χ3n) is 3.21. The van der Waals surface area contributed by atoms with E-state index in [1.54, 1.807) is 12.1 Å². The standard InChI is InChI=1S/C15H16N4O/c20-15(12-4-2-1-3-5-12)18-13-6-7-16-10-19-11-17-9-14(19)8-13/h1-6,8,11,16H,7,9-10H2,(H,18,20)/b13-6+,14-8-. The van der Waals surface area contributed by atoms with Gasteiger partial charge in [-0.15, -0.1) is 0 Å². The molecule has 0 saturated heterocycles. The highest BCUT2D eigenvalue weighted by Gasteiger charge is 2.15. The fourth-order valence-electron chi connectivity index (χ4n) is 2.15. The zero-order chi connectivity index (χ0) is 13.8. The van der Waals surface area contributed by atoms with Crippen LogP contribution in [0.1, 0.15) is 10.4 Å². The summed E-state index contributed by atoms with van der Waals surface area (Å²) in [4.78, 5) is 18.4. The number of benzene rings is 1. The number of rotatable bonds is 2. The lowest BCUT2D eigenvalue weighted by Gasteiger charge is -2.20. The van der Waals surface area contributed by atoms with E-state index in [2.05, 4.69) is 15.6 Å². The number of carbonyl (C=O) groups is 1. The summed E-state index contributed by atoms with van der Waals surface area (Å²) in [5.74, 6) is -0.0975. The maximum absolute atomic E-state index is 12.2. The second-order valence-corrected chi connectivity index (χ2v) is 4.65. The average molecular weight is 268 g/mol. The number of carbonyl (C=O) groups excluding carboxylic acids is 1. The van der Waals surface area contributed by atoms with Gasteiger partial charge in [0.2, 0.25) is 0 Å². The molecule has 1 amide bonds. The molecule has 2 aliphatic heterocycles. The fraction of sp³-hybridized carbons (Fsp3) is 0.200. The molecule has 0 fully saturated rings. The minimum absolute atomic E-state index is 0.0975. The van der Waals surface area contributed by atoms with Crippen molar-refractivity contribution in [3.8, 4) is 0 Å². The van der Waals surface area contributed by atoms with Crippen molar-refractivity contribution in [2.24, 2.45) is 4.99 Å². The highest BCUT2D eigenvalue weighted by Crippen LogP contribution is 2.12. The van der Waals surface area contributed by atoms with Crippen LogP contribution in [0.25, 0.3) is 0 Å². The van der Waals surface area contributed by atoms with E-state index >= 15 is 0 Å². The molecule has 2 heterocycles. The zero-order valence-electron chi connectivity index (χ0n) is 11.0. The minimum atomic E-state index is -0.0975. The monoisotopic (exact) mass is 268 g/mol. The summed E-state index contributed by atoms with van der Waals surface area (Å²) in [6.45, 7) is 2.10. The van der Waals surface area contributed by atoms with Crippen molar-refractivity contribution in [1.29, 1.82) is 0 Å². The van der Waals surface area contributed by atoms with Crippen LogP contribution in [0, 0.1) is 0 Å². The van der Waals surface area contributed by atoms with Gasteiger partial charge in [0.05, 0.1) is 19.6 Å². The fourth-order valence-corrected chi connectivity index (χ4v) is 2.15. The smallest absolute Gasteiger partial charge is 0.255 e. The topological polar surface area (TPSA) is 56.7 Å². The second-order valence-electron chi connectivity index (χ2n) is 4.65. The third-order valence-corrected chi connectivity index (χ3v) is 3.21. The van der Waals surface area contributed by atoms with Crippen molar-refractivity contribution in [3.63, 3.8) is 0 Å². The quantitative estimate of drug-likeness (QED) is 0.844. The van der Waals surface area contributed by atoms with Crippen molar-refractivity contribution >= 4 is 12.2 Å². The molecule has 2 aliphatic rings. The molecule has 0 spiro atoms. The Hall–Kier alpha value is -2.40. The van der Waals surface area contributed by atoms with Crippen LogP contribution in [0.2, 0.25) is 0 Å². The van der Waals surface area contributed by atoms with Crippen LogP contribution in [-0.2, 0) is 0 Å². The van der Waals surface area contributed by atoms with Crippen molar-refractivity contribution in [2.75, 3.05) is 19.8 Å². The van der Waals surface area contributed by atoms with Gasteiger partial charge >= 0.3 is 0 Å². The Bertz CT molecular complexity index is 589. The average Bonchev–Trinajstić information content (AvgIpc) is 2.88. The predicted molar refractivity (Wildman–Crippen MR) is 78.1 cm³/mol. The lowest BCUT2D eigenvalue weighted by Crippen LogP contribution is -2.34. The summed E-state index contributed by atoms with van der Waals surface area (Å²) < 4.78 is 0. The second kappa shape index (κ2) is 5.71. The molecule has 0 atom stereocenters. The number of allylic oxidation sites excluding steroid dienone is 1. The Labute approximate surface area is 117 Å². The zero-order valence-corrected chi connectivity index (χ0v) is 11.0. The van der Waals surface area contributed by atoms with E-state index in [1.165, 1.54) is 0 Å². The molecular formula is C15H16N4O. The van der Waals surface area contributed by atoms with Crippen LogP contribution >= 0.6 is 0 Å².